The lowest BCUT2D eigenvalue weighted by Crippen LogP contribution is -2.28. The Bertz CT molecular complexity index is 440. The molecular formula is C15H28N6. The van der Waals surface area contributed by atoms with Crippen LogP contribution in [0.1, 0.15) is 46.5 Å². The zero-order valence-electron chi connectivity index (χ0n) is 13.7. The summed E-state index contributed by atoms with van der Waals surface area (Å²) >= 11 is 0. The molecule has 1 aromatic heterocycles. The molecule has 6 nitrogen and oxygen atoms in total. The minimum atomic E-state index is 0.407. The largest absolute Gasteiger partial charge is 0.357 e. The molecule has 1 atom stereocenters. The monoisotopic (exact) mass is 292 g/mol. The van der Waals surface area contributed by atoms with Crippen molar-refractivity contribution in [3.8, 4) is 0 Å². The Balaban J connectivity index is 2.15. The molecule has 0 aromatic carbocycles. The quantitative estimate of drug-likeness (QED) is 0.805. The summed E-state index contributed by atoms with van der Waals surface area (Å²) < 4.78 is 0. The van der Waals surface area contributed by atoms with Crippen LogP contribution in [-0.4, -0.2) is 41.1 Å². The molecular weight excluding hydrogens is 264 g/mol. The van der Waals surface area contributed by atoms with Gasteiger partial charge in [-0.2, -0.15) is 15.0 Å². The Morgan fingerprint density at radius 3 is 2.29 bits per heavy atom. The highest BCUT2D eigenvalue weighted by atomic mass is 15.3. The number of nitrogens with zero attached hydrogens (tertiary/aromatic N) is 4. The van der Waals surface area contributed by atoms with Crippen LogP contribution in [-0.2, 0) is 0 Å². The molecule has 0 spiro atoms. The maximum absolute atomic E-state index is 4.59. The standard InChI is InChI=1S/C15H28N6/c1-5-21(6-2)15-19-13(16-4)18-14(20-15)17-11(3)12-9-7-8-10-12/h11-12H,5-10H2,1-4H3,(H2,16,17,18,19,20). The topological polar surface area (TPSA) is 66.0 Å². The van der Waals surface area contributed by atoms with Crippen LogP contribution in [0.4, 0.5) is 17.8 Å². The predicted molar refractivity (Wildman–Crippen MR) is 88.0 cm³/mol. The van der Waals surface area contributed by atoms with E-state index in [1.54, 1.807) is 0 Å². The zero-order chi connectivity index (χ0) is 15.2. The summed E-state index contributed by atoms with van der Waals surface area (Å²) in [6.45, 7) is 8.24. The Morgan fingerprint density at radius 2 is 1.71 bits per heavy atom. The van der Waals surface area contributed by atoms with Gasteiger partial charge >= 0.3 is 0 Å². The summed E-state index contributed by atoms with van der Waals surface area (Å²) in [5, 5.41) is 6.50. The Labute approximate surface area is 127 Å². The van der Waals surface area contributed by atoms with Crippen LogP contribution in [0.2, 0.25) is 0 Å². The molecule has 0 amide bonds. The number of nitrogens with one attached hydrogen (secondary N) is 2. The predicted octanol–water partition coefficient (Wildman–Crippen LogP) is 2.75. The molecule has 0 saturated heterocycles. The van der Waals surface area contributed by atoms with Gasteiger partial charge in [-0.15, -0.1) is 0 Å². The average molecular weight is 292 g/mol. The second-order valence-corrected chi connectivity index (χ2v) is 5.68. The van der Waals surface area contributed by atoms with E-state index in [2.05, 4.69) is 51.3 Å². The smallest absolute Gasteiger partial charge is 0.231 e. The third-order valence-electron chi connectivity index (χ3n) is 4.36. The molecule has 118 valence electrons. The van der Waals surface area contributed by atoms with Gasteiger partial charge in [-0.25, -0.2) is 0 Å². The fourth-order valence-electron chi connectivity index (χ4n) is 2.97. The van der Waals surface area contributed by atoms with Gasteiger partial charge in [0.15, 0.2) is 0 Å². The van der Waals surface area contributed by atoms with Gasteiger partial charge in [0.25, 0.3) is 0 Å². The van der Waals surface area contributed by atoms with Crippen LogP contribution < -0.4 is 15.5 Å². The van der Waals surface area contributed by atoms with Gasteiger partial charge < -0.3 is 15.5 Å². The van der Waals surface area contributed by atoms with Crippen LogP contribution in [0.3, 0.4) is 0 Å². The third kappa shape index (κ3) is 3.95. The van der Waals surface area contributed by atoms with Crippen molar-refractivity contribution in [2.45, 2.75) is 52.5 Å². The van der Waals surface area contributed by atoms with Crippen molar-refractivity contribution >= 4 is 17.8 Å². The highest BCUT2D eigenvalue weighted by molar-refractivity contribution is 5.43. The minimum Gasteiger partial charge on any atom is -0.357 e. The highest BCUT2D eigenvalue weighted by Gasteiger charge is 2.22. The van der Waals surface area contributed by atoms with E-state index in [9.17, 15) is 0 Å². The van der Waals surface area contributed by atoms with E-state index < -0.39 is 0 Å². The lowest BCUT2D eigenvalue weighted by Gasteiger charge is -2.23. The average Bonchev–Trinajstić information content (AvgIpc) is 3.02. The Kier molecular flexibility index (Phi) is 5.59. The number of hydrogen-bond acceptors (Lipinski definition) is 6. The van der Waals surface area contributed by atoms with Crippen LogP contribution in [0.5, 0.6) is 0 Å². The first-order valence-electron chi connectivity index (χ1n) is 8.13. The first-order chi connectivity index (χ1) is 10.2. The zero-order valence-corrected chi connectivity index (χ0v) is 13.7. The molecule has 1 aromatic rings. The van der Waals surface area contributed by atoms with Crippen molar-refractivity contribution in [1.29, 1.82) is 0 Å². The minimum absolute atomic E-state index is 0.407. The molecule has 1 unspecified atom stereocenters. The van der Waals surface area contributed by atoms with Gasteiger partial charge in [-0.3, -0.25) is 0 Å². The summed E-state index contributed by atoms with van der Waals surface area (Å²) in [6, 6.07) is 0.407. The normalized spacial score (nSPS) is 16.8. The van der Waals surface area contributed by atoms with Gasteiger partial charge in [-0.1, -0.05) is 12.8 Å². The fraction of sp³-hybridized carbons (Fsp3) is 0.800. The SMILES string of the molecule is CCN(CC)c1nc(NC)nc(NC(C)C2CCCC2)n1. The molecule has 0 radical (unpaired) electrons. The van der Waals surface area contributed by atoms with E-state index in [1.807, 2.05) is 7.05 Å². The molecule has 1 heterocycles. The van der Waals surface area contributed by atoms with Gasteiger partial charge in [0.05, 0.1) is 0 Å². The second-order valence-electron chi connectivity index (χ2n) is 5.68. The lowest BCUT2D eigenvalue weighted by atomic mass is 10.0. The van der Waals surface area contributed by atoms with Crippen LogP contribution in [0.15, 0.2) is 0 Å². The maximum Gasteiger partial charge on any atom is 0.231 e. The summed E-state index contributed by atoms with van der Waals surface area (Å²) in [5.41, 5.74) is 0. The van der Waals surface area contributed by atoms with Gasteiger partial charge in [-0.05, 0) is 39.5 Å². The molecule has 1 saturated carbocycles. The van der Waals surface area contributed by atoms with E-state index in [4.69, 9.17) is 0 Å². The van der Waals surface area contributed by atoms with Crippen molar-refractivity contribution in [2.24, 2.45) is 5.92 Å². The highest BCUT2D eigenvalue weighted by Crippen LogP contribution is 2.29. The molecule has 2 N–H and O–H groups in total. The molecule has 2 rings (SSSR count). The molecule has 1 aliphatic carbocycles. The second kappa shape index (κ2) is 7.43. The number of rotatable bonds is 7. The van der Waals surface area contributed by atoms with E-state index in [0.29, 0.717) is 17.9 Å². The van der Waals surface area contributed by atoms with Crippen LogP contribution in [0.25, 0.3) is 0 Å². The first kappa shape index (κ1) is 15.8. The third-order valence-corrected chi connectivity index (χ3v) is 4.36. The fourth-order valence-corrected chi connectivity index (χ4v) is 2.97. The first-order valence-corrected chi connectivity index (χ1v) is 8.13. The number of anilines is 3. The van der Waals surface area contributed by atoms with E-state index in [-0.39, 0.29) is 0 Å². The van der Waals surface area contributed by atoms with Gasteiger partial charge in [0, 0.05) is 26.2 Å². The molecule has 0 bridgehead atoms. The van der Waals surface area contributed by atoms with Crippen molar-refractivity contribution in [3.63, 3.8) is 0 Å². The molecule has 0 aliphatic heterocycles. The van der Waals surface area contributed by atoms with E-state index >= 15 is 0 Å². The molecule has 6 heteroatoms. The van der Waals surface area contributed by atoms with Crippen molar-refractivity contribution in [1.82, 2.24) is 15.0 Å². The number of aromatic nitrogens is 3. The maximum atomic E-state index is 4.59. The van der Waals surface area contributed by atoms with Crippen LogP contribution in [0, 0.1) is 5.92 Å². The van der Waals surface area contributed by atoms with Crippen molar-refractivity contribution < 1.29 is 0 Å². The van der Waals surface area contributed by atoms with Crippen molar-refractivity contribution in [3.05, 3.63) is 0 Å². The van der Waals surface area contributed by atoms with Crippen LogP contribution >= 0.6 is 0 Å². The van der Waals surface area contributed by atoms with Crippen molar-refractivity contribution in [2.75, 3.05) is 35.7 Å². The Hall–Kier alpha value is -1.59. The summed E-state index contributed by atoms with van der Waals surface area (Å²) in [6.07, 6.45) is 5.31. The summed E-state index contributed by atoms with van der Waals surface area (Å²) in [5.74, 6) is 2.76. The molecule has 1 fully saturated rings. The van der Waals surface area contributed by atoms with Gasteiger partial charge in [0.1, 0.15) is 0 Å². The lowest BCUT2D eigenvalue weighted by molar-refractivity contribution is 0.480. The molecule has 21 heavy (non-hydrogen) atoms. The summed E-state index contributed by atoms with van der Waals surface area (Å²) in [7, 11) is 1.84. The number of hydrogen-bond donors (Lipinski definition) is 2. The molecule has 1 aliphatic rings. The summed E-state index contributed by atoms with van der Waals surface area (Å²) in [4.78, 5) is 15.6. The Morgan fingerprint density at radius 1 is 1.10 bits per heavy atom. The van der Waals surface area contributed by atoms with Gasteiger partial charge in [0.2, 0.25) is 17.8 Å². The van der Waals surface area contributed by atoms with E-state index in [0.717, 1.165) is 25.0 Å². The van der Waals surface area contributed by atoms with E-state index in [1.165, 1.54) is 25.7 Å².